The number of halogens is 3. The van der Waals surface area contributed by atoms with Gasteiger partial charge in [-0.15, -0.1) is 0 Å². The second-order valence-electron chi connectivity index (χ2n) is 4.22. The van der Waals surface area contributed by atoms with Crippen LogP contribution in [0.1, 0.15) is 11.1 Å². The van der Waals surface area contributed by atoms with Gasteiger partial charge in [0.15, 0.2) is 0 Å². The van der Waals surface area contributed by atoms with E-state index < -0.39 is 0 Å². The largest absolute Gasteiger partial charge is 0.487 e. The average molecular weight is 324 g/mol. The molecular formula is C16H12Cl2FNO. The van der Waals surface area contributed by atoms with Crippen molar-refractivity contribution < 1.29 is 9.13 Å². The third-order valence-electron chi connectivity index (χ3n) is 2.58. The molecule has 2 aromatic rings. The lowest BCUT2D eigenvalue weighted by molar-refractivity contribution is 0.306. The minimum atomic E-state index is -0.380. The quantitative estimate of drug-likeness (QED) is 0.866. The highest BCUT2D eigenvalue weighted by atomic mass is 35.5. The molecule has 2 nitrogen and oxygen atoms in total. The van der Waals surface area contributed by atoms with Gasteiger partial charge in [-0.2, -0.15) is 0 Å². The zero-order chi connectivity index (χ0) is 15.2. The molecule has 108 valence electrons. The third kappa shape index (κ3) is 4.64. The van der Waals surface area contributed by atoms with Crippen molar-refractivity contribution in [1.29, 1.82) is 0 Å². The fourth-order valence-corrected chi connectivity index (χ4v) is 2.04. The van der Waals surface area contributed by atoms with Crippen LogP contribution in [0.5, 0.6) is 5.75 Å². The summed E-state index contributed by atoms with van der Waals surface area (Å²) >= 11 is 11.9. The van der Waals surface area contributed by atoms with E-state index in [4.69, 9.17) is 33.7 Å². The Bertz CT molecular complexity index is 707. The van der Waals surface area contributed by atoms with E-state index in [0.717, 1.165) is 0 Å². The molecule has 21 heavy (non-hydrogen) atoms. The van der Waals surface area contributed by atoms with Gasteiger partial charge in [-0.3, -0.25) is 0 Å². The molecule has 0 bridgehead atoms. The number of hydrogen-bond donors (Lipinski definition) is 1. The molecule has 0 aliphatic carbocycles. The van der Waals surface area contributed by atoms with E-state index in [1.807, 2.05) is 0 Å². The molecule has 2 rings (SSSR count). The molecule has 0 fully saturated rings. The maximum Gasteiger partial charge on any atom is 0.139 e. The van der Waals surface area contributed by atoms with Crippen molar-refractivity contribution in [3.63, 3.8) is 0 Å². The van der Waals surface area contributed by atoms with E-state index in [-0.39, 0.29) is 19.0 Å². The Balaban J connectivity index is 2.16. The van der Waals surface area contributed by atoms with E-state index >= 15 is 0 Å². The van der Waals surface area contributed by atoms with Gasteiger partial charge in [0, 0.05) is 16.7 Å². The zero-order valence-electron chi connectivity index (χ0n) is 11.0. The van der Waals surface area contributed by atoms with Gasteiger partial charge >= 0.3 is 0 Å². The van der Waals surface area contributed by atoms with Crippen LogP contribution in [0.2, 0.25) is 10.0 Å². The van der Waals surface area contributed by atoms with Gasteiger partial charge in [0.05, 0.1) is 11.6 Å². The minimum absolute atomic E-state index is 0.162. The zero-order valence-corrected chi connectivity index (χ0v) is 12.5. The molecule has 0 unspecified atom stereocenters. The van der Waals surface area contributed by atoms with Crippen LogP contribution in [0.3, 0.4) is 0 Å². The number of ether oxygens (including phenoxy) is 1. The van der Waals surface area contributed by atoms with E-state index in [2.05, 4.69) is 11.8 Å². The predicted octanol–water partition coefficient (Wildman–Crippen LogP) is 4.02. The summed E-state index contributed by atoms with van der Waals surface area (Å²) in [6, 6.07) is 9.38. The molecule has 0 amide bonds. The molecule has 0 saturated heterocycles. The lowest BCUT2D eigenvalue weighted by Gasteiger charge is -2.09. The number of nitrogens with two attached hydrogens (primary N) is 1. The van der Waals surface area contributed by atoms with E-state index in [0.29, 0.717) is 26.9 Å². The summed E-state index contributed by atoms with van der Waals surface area (Å²) in [5, 5.41) is 0.960. The van der Waals surface area contributed by atoms with E-state index in [1.54, 1.807) is 24.3 Å². The van der Waals surface area contributed by atoms with Crippen LogP contribution < -0.4 is 10.5 Å². The first-order chi connectivity index (χ1) is 10.1. The molecule has 0 spiro atoms. The van der Waals surface area contributed by atoms with E-state index in [9.17, 15) is 4.39 Å². The molecule has 5 heteroatoms. The van der Waals surface area contributed by atoms with E-state index in [1.165, 1.54) is 12.1 Å². The topological polar surface area (TPSA) is 35.2 Å². The maximum atomic E-state index is 13.5. The van der Waals surface area contributed by atoms with Crippen LogP contribution in [0.15, 0.2) is 36.4 Å². The Morgan fingerprint density at radius 1 is 1.14 bits per heavy atom. The first-order valence-corrected chi connectivity index (χ1v) is 6.90. The van der Waals surface area contributed by atoms with Gasteiger partial charge in [-0.25, -0.2) is 4.39 Å². The van der Waals surface area contributed by atoms with Crippen LogP contribution in [-0.4, -0.2) is 6.54 Å². The Morgan fingerprint density at radius 2 is 1.95 bits per heavy atom. The highest BCUT2D eigenvalue weighted by Crippen LogP contribution is 2.28. The maximum absolute atomic E-state index is 13.5. The van der Waals surface area contributed by atoms with Crippen LogP contribution in [0, 0.1) is 17.7 Å². The van der Waals surface area contributed by atoms with Crippen molar-refractivity contribution in [2.45, 2.75) is 6.61 Å². The van der Waals surface area contributed by atoms with Crippen molar-refractivity contribution in [2.24, 2.45) is 5.73 Å². The van der Waals surface area contributed by atoms with Crippen molar-refractivity contribution in [2.75, 3.05) is 6.54 Å². The molecule has 0 heterocycles. The van der Waals surface area contributed by atoms with Crippen molar-refractivity contribution in [3.8, 4) is 17.6 Å². The fourth-order valence-electron chi connectivity index (χ4n) is 1.71. The second kappa shape index (κ2) is 7.33. The molecule has 0 aliphatic heterocycles. The van der Waals surface area contributed by atoms with Crippen molar-refractivity contribution in [3.05, 3.63) is 63.4 Å². The van der Waals surface area contributed by atoms with Gasteiger partial charge < -0.3 is 10.5 Å². The first-order valence-electron chi connectivity index (χ1n) is 6.15. The fraction of sp³-hybridized carbons (Fsp3) is 0.125. The summed E-state index contributed by atoms with van der Waals surface area (Å²) in [5.41, 5.74) is 6.50. The molecule has 0 saturated carbocycles. The van der Waals surface area contributed by atoms with Crippen LogP contribution in [-0.2, 0) is 6.61 Å². The van der Waals surface area contributed by atoms with Gasteiger partial charge in [0.25, 0.3) is 0 Å². The molecule has 0 aromatic heterocycles. The molecule has 0 atom stereocenters. The summed E-state index contributed by atoms with van der Waals surface area (Å²) in [6.07, 6.45) is 0. The Hall–Kier alpha value is -1.73. The van der Waals surface area contributed by atoms with Gasteiger partial charge in [-0.1, -0.05) is 35.0 Å². The highest BCUT2D eigenvalue weighted by Gasteiger charge is 2.05. The van der Waals surface area contributed by atoms with Gasteiger partial charge in [0.2, 0.25) is 0 Å². The smallest absolute Gasteiger partial charge is 0.139 e. The highest BCUT2D eigenvalue weighted by molar-refractivity contribution is 6.34. The van der Waals surface area contributed by atoms with Gasteiger partial charge in [0.1, 0.15) is 18.2 Å². The lowest BCUT2D eigenvalue weighted by atomic mass is 10.1. The second-order valence-corrected chi connectivity index (χ2v) is 5.06. The van der Waals surface area contributed by atoms with Gasteiger partial charge in [-0.05, 0) is 35.9 Å². The number of benzene rings is 2. The predicted molar refractivity (Wildman–Crippen MR) is 83.1 cm³/mol. The number of rotatable bonds is 3. The van der Waals surface area contributed by atoms with Crippen LogP contribution in [0.4, 0.5) is 4.39 Å². The number of hydrogen-bond acceptors (Lipinski definition) is 2. The standard InChI is InChI=1S/C16H12Cl2FNO/c17-13-3-4-15(18)16(9-13)21-10-12-6-11(2-1-5-20)7-14(19)8-12/h3-4,6-9H,5,10,20H2. The monoisotopic (exact) mass is 323 g/mol. The summed E-state index contributed by atoms with van der Waals surface area (Å²) < 4.78 is 19.1. The Labute approximate surface area is 132 Å². The average Bonchev–Trinajstić information content (AvgIpc) is 2.45. The summed E-state index contributed by atoms with van der Waals surface area (Å²) in [6.45, 7) is 0.385. The first kappa shape index (κ1) is 15.7. The molecule has 0 radical (unpaired) electrons. The summed E-state index contributed by atoms with van der Waals surface area (Å²) in [5.74, 6) is 5.53. The van der Waals surface area contributed by atoms with Crippen LogP contribution >= 0.6 is 23.2 Å². The van der Waals surface area contributed by atoms with Crippen LogP contribution in [0.25, 0.3) is 0 Å². The minimum Gasteiger partial charge on any atom is -0.487 e. The molecule has 2 N–H and O–H groups in total. The van der Waals surface area contributed by atoms with Crippen molar-refractivity contribution in [1.82, 2.24) is 0 Å². The molecule has 0 aliphatic rings. The molecular weight excluding hydrogens is 312 g/mol. The van der Waals surface area contributed by atoms with Crippen molar-refractivity contribution >= 4 is 23.2 Å². The summed E-state index contributed by atoms with van der Waals surface area (Å²) in [7, 11) is 0. The third-order valence-corrected chi connectivity index (χ3v) is 3.13. The Kier molecular flexibility index (Phi) is 5.46. The SMILES string of the molecule is NCC#Cc1cc(F)cc(COc2cc(Cl)ccc2Cl)c1. The molecule has 2 aromatic carbocycles. The normalized spacial score (nSPS) is 9.90. The Morgan fingerprint density at radius 3 is 2.71 bits per heavy atom. The summed E-state index contributed by atoms with van der Waals surface area (Å²) in [4.78, 5) is 0. The lowest BCUT2D eigenvalue weighted by Crippen LogP contribution is -1.98.